The number of aliphatic hydroxyl groups excluding tert-OH is 1. The van der Waals surface area contributed by atoms with Crippen LogP contribution < -0.4 is 5.32 Å². The molecule has 1 aliphatic heterocycles. The van der Waals surface area contributed by atoms with Crippen molar-refractivity contribution in [3.8, 4) is 0 Å². The predicted molar refractivity (Wildman–Crippen MR) is 55.2 cm³/mol. The molecule has 0 spiro atoms. The van der Waals surface area contributed by atoms with E-state index in [1.807, 2.05) is 11.8 Å². The molecule has 0 aromatic rings. The van der Waals surface area contributed by atoms with Crippen LogP contribution in [0.25, 0.3) is 0 Å². The van der Waals surface area contributed by atoms with Crippen molar-refractivity contribution in [3.63, 3.8) is 0 Å². The van der Waals surface area contributed by atoms with Crippen LogP contribution in [0.2, 0.25) is 0 Å². The van der Waals surface area contributed by atoms with Crippen molar-refractivity contribution in [2.75, 3.05) is 32.8 Å². The lowest BCUT2D eigenvalue weighted by Crippen LogP contribution is -2.51. The molecule has 1 aliphatic rings. The van der Waals surface area contributed by atoms with E-state index in [-0.39, 0.29) is 12.6 Å². The quantitative estimate of drug-likeness (QED) is 0.764. The van der Waals surface area contributed by atoms with Crippen molar-refractivity contribution >= 4 is 0 Å². The molecule has 1 saturated heterocycles. The third-order valence-corrected chi connectivity index (χ3v) is 2.74. The zero-order valence-electron chi connectivity index (χ0n) is 9.43. The maximum atomic E-state index is 12.0. The molecule has 0 amide bonds. The Labute approximate surface area is 93.6 Å². The van der Waals surface area contributed by atoms with Crippen LogP contribution in [-0.4, -0.2) is 55.0 Å². The van der Waals surface area contributed by atoms with E-state index in [0.29, 0.717) is 19.0 Å². The maximum Gasteiger partial charge on any atom is 0.401 e. The van der Waals surface area contributed by atoms with Gasteiger partial charge in [0.15, 0.2) is 0 Å². The van der Waals surface area contributed by atoms with E-state index < -0.39 is 12.7 Å². The Morgan fingerprint density at radius 2 is 2.06 bits per heavy atom. The van der Waals surface area contributed by atoms with Crippen molar-refractivity contribution in [3.05, 3.63) is 0 Å². The van der Waals surface area contributed by atoms with Gasteiger partial charge < -0.3 is 10.4 Å². The van der Waals surface area contributed by atoms with Crippen molar-refractivity contribution in [1.29, 1.82) is 0 Å². The lowest BCUT2D eigenvalue weighted by Gasteiger charge is -2.36. The van der Waals surface area contributed by atoms with E-state index in [1.54, 1.807) is 0 Å². The molecule has 6 heteroatoms. The monoisotopic (exact) mass is 240 g/mol. The molecule has 0 saturated carbocycles. The topological polar surface area (TPSA) is 35.5 Å². The van der Waals surface area contributed by atoms with Crippen molar-refractivity contribution in [1.82, 2.24) is 10.2 Å². The summed E-state index contributed by atoms with van der Waals surface area (Å²) in [6.07, 6.45) is -3.39. The van der Waals surface area contributed by atoms with E-state index in [2.05, 4.69) is 5.32 Å². The van der Waals surface area contributed by atoms with Gasteiger partial charge in [-0.25, -0.2) is 0 Å². The summed E-state index contributed by atoms with van der Waals surface area (Å²) in [4.78, 5) is 2.00. The van der Waals surface area contributed by atoms with Gasteiger partial charge in [0.25, 0.3) is 0 Å². The zero-order valence-corrected chi connectivity index (χ0v) is 9.43. The first kappa shape index (κ1) is 13.7. The molecule has 0 aliphatic carbocycles. The van der Waals surface area contributed by atoms with Crippen LogP contribution in [0.5, 0.6) is 0 Å². The summed E-state index contributed by atoms with van der Waals surface area (Å²) < 4.78 is 36.1. The molecule has 2 unspecified atom stereocenters. The molecule has 2 atom stereocenters. The van der Waals surface area contributed by atoms with Crippen LogP contribution >= 0.6 is 0 Å². The maximum absolute atomic E-state index is 12.0. The second-order valence-corrected chi connectivity index (χ2v) is 4.52. The van der Waals surface area contributed by atoms with Gasteiger partial charge in [0.1, 0.15) is 0 Å². The molecule has 0 aromatic heterocycles. The second-order valence-electron chi connectivity index (χ2n) is 4.52. The number of halogens is 3. The number of rotatable bonds is 4. The van der Waals surface area contributed by atoms with Gasteiger partial charge in [-0.3, -0.25) is 4.90 Å². The fraction of sp³-hybridized carbons (Fsp3) is 1.00. The predicted octanol–water partition coefficient (Wildman–Crippen LogP) is 0.841. The largest absolute Gasteiger partial charge is 0.401 e. The normalized spacial score (nSPS) is 28.3. The molecule has 0 bridgehead atoms. The van der Waals surface area contributed by atoms with Crippen LogP contribution in [0.3, 0.4) is 0 Å². The first-order chi connectivity index (χ1) is 7.40. The number of alkyl halides is 3. The van der Waals surface area contributed by atoms with Gasteiger partial charge in [0.05, 0.1) is 13.2 Å². The van der Waals surface area contributed by atoms with Crippen molar-refractivity contribution in [2.24, 2.45) is 5.92 Å². The van der Waals surface area contributed by atoms with Crippen molar-refractivity contribution < 1.29 is 18.3 Å². The highest BCUT2D eigenvalue weighted by molar-refractivity contribution is 4.82. The van der Waals surface area contributed by atoms with Crippen LogP contribution in [0.4, 0.5) is 13.2 Å². The molecular weight excluding hydrogens is 221 g/mol. The van der Waals surface area contributed by atoms with Crippen LogP contribution in [0.1, 0.15) is 13.3 Å². The highest BCUT2D eigenvalue weighted by atomic mass is 19.4. The van der Waals surface area contributed by atoms with Crippen LogP contribution in [0.15, 0.2) is 0 Å². The molecule has 1 heterocycles. The average molecular weight is 240 g/mol. The lowest BCUT2D eigenvalue weighted by molar-refractivity contribution is -0.127. The molecule has 96 valence electrons. The number of aliphatic hydroxyl groups is 1. The standard InChI is InChI=1S/C10H19F3N2O/c1-8-4-9(14-7-10(11,12)13)6-15(5-8)2-3-16/h8-9,14,16H,2-7H2,1H3. The first-order valence-corrected chi connectivity index (χ1v) is 5.54. The number of piperidine rings is 1. The molecule has 16 heavy (non-hydrogen) atoms. The first-order valence-electron chi connectivity index (χ1n) is 5.54. The van der Waals surface area contributed by atoms with Gasteiger partial charge in [-0.2, -0.15) is 13.2 Å². The molecule has 1 rings (SSSR count). The fourth-order valence-corrected chi connectivity index (χ4v) is 2.19. The van der Waals surface area contributed by atoms with Gasteiger partial charge in [-0.15, -0.1) is 0 Å². The highest BCUT2D eigenvalue weighted by Crippen LogP contribution is 2.18. The van der Waals surface area contributed by atoms with Gasteiger partial charge in [-0.05, 0) is 12.3 Å². The zero-order chi connectivity index (χ0) is 12.2. The number of hydrogen-bond acceptors (Lipinski definition) is 3. The third-order valence-electron chi connectivity index (χ3n) is 2.74. The number of likely N-dealkylation sites (tertiary alicyclic amines) is 1. The molecule has 0 radical (unpaired) electrons. The summed E-state index contributed by atoms with van der Waals surface area (Å²) in [5, 5.41) is 11.3. The van der Waals surface area contributed by atoms with E-state index in [9.17, 15) is 13.2 Å². The van der Waals surface area contributed by atoms with Crippen molar-refractivity contribution in [2.45, 2.75) is 25.6 Å². The Morgan fingerprint density at radius 1 is 1.38 bits per heavy atom. The van der Waals surface area contributed by atoms with Gasteiger partial charge in [0, 0.05) is 25.7 Å². The Morgan fingerprint density at radius 3 is 2.62 bits per heavy atom. The Balaban J connectivity index is 2.35. The highest BCUT2D eigenvalue weighted by Gasteiger charge is 2.30. The van der Waals surface area contributed by atoms with E-state index in [0.717, 1.165) is 13.0 Å². The lowest BCUT2D eigenvalue weighted by atomic mass is 9.96. The summed E-state index contributed by atoms with van der Waals surface area (Å²) in [5.41, 5.74) is 0. The Kier molecular flexibility index (Phi) is 5.01. The SMILES string of the molecule is CC1CC(NCC(F)(F)F)CN(CCO)C1. The summed E-state index contributed by atoms with van der Waals surface area (Å²) in [6, 6.07) is -0.128. The summed E-state index contributed by atoms with van der Waals surface area (Å²) in [6.45, 7) is 3.11. The van der Waals surface area contributed by atoms with Crippen LogP contribution in [-0.2, 0) is 0 Å². The second kappa shape index (κ2) is 5.84. The molecule has 0 aromatic carbocycles. The fourth-order valence-electron chi connectivity index (χ4n) is 2.19. The number of nitrogens with one attached hydrogen (secondary N) is 1. The minimum absolute atomic E-state index is 0.0543. The van der Waals surface area contributed by atoms with E-state index in [4.69, 9.17) is 5.11 Å². The van der Waals surface area contributed by atoms with Gasteiger partial charge in [0.2, 0.25) is 0 Å². The minimum Gasteiger partial charge on any atom is -0.395 e. The van der Waals surface area contributed by atoms with E-state index in [1.165, 1.54) is 0 Å². The Bertz CT molecular complexity index is 211. The van der Waals surface area contributed by atoms with E-state index >= 15 is 0 Å². The van der Waals surface area contributed by atoms with Crippen LogP contribution in [0, 0.1) is 5.92 Å². The minimum atomic E-state index is -4.15. The van der Waals surface area contributed by atoms with Gasteiger partial charge >= 0.3 is 6.18 Å². The Hall–Kier alpha value is -0.330. The molecule has 3 nitrogen and oxygen atoms in total. The van der Waals surface area contributed by atoms with Gasteiger partial charge in [-0.1, -0.05) is 6.92 Å². The number of hydrogen-bond donors (Lipinski definition) is 2. The molecule has 1 fully saturated rings. The number of β-amino-alcohol motifs (C(OH)–C–C–N with tert-alkyl or cyclic N) is 1. The summed E-state index contributed by atoms with van der Waals surface area (Å²) >= 11 is 0. The summed E-state index contributed by atoms with van der Waals surface area (Å²) in [5.74, 6) is 0.367. The third kappa shape index (κ3) is 5.14. The summed E-state index contributed by atoms with van der Waals surface area (Å²) in [7, 11) is 0. The molecular formula is C10H19F3N2O. The average Bonchev–Trinajstić information content (AvgIpc) is 2.13. The molecule has 2 N–H and O–H groups in total. The smallest absolute Gasteiger partial charge is 0.395 e. The number of nitrogens with zero attached hydrogens (tertiary/aromatic N) is 1.